The molecule has 0 bridgehead atoms. The molecule has 11 nitrogen and oxygen atoms in total. The van der Waals surface area contributed by atoms with Crippen LogP contribution in [0.25, 0.3) is 11.2 Å². The molecule has 1 unspecified atom stereocenters. The molecule has 0 aliphatic heterocycles. The lowest BCUT2D eigenvalue weighted by atomic mass is 10.1. The number of nitrogens with one attached hydrogen (secondary N) is 3. The monoisotopic (exact) mass is 475 g/mol. The molecule has 1 atom stereocenters. The third kappa shape index (κ3) is 4.98. The number of urea groups is 1. The van der Waals surface area contributed by atoms with Crippen LogP contribution in [0, 0.1) is 0 Å². The molecular formula is C24H25N7O4. The fraction of sp³-hybridized carbons (Fsp3) is 0.208. The lowest BCUT2D eigenvalue weighted by molar-refractivity contribution is -0.122. The number of aromatic nitrogens is 4. The highest BCUT2D eigenvalue weighted by Crippen LogP contribution is 2.16. The van der Waals surface area contributed by atoms with Crippen LogP contribution >= 0.6 is 0 Å². The van der Waals surface area contributed by atoms with Gasteiger partial charge in [-0.15, -0.1) is 0 Å². The second-order valence-corrected chi connectivity index (χ2v) is 8.12. The Morgan fingerprint density at radius 3 is 2.23 bits per heavy atom. The molecule has 0 saturated carbocycles. The van der Waals surface area contributed by atoms with E-state index in [1.54, 1.807) is 50.4 Å². The van der Waals surface area contributed by atoms with Crippen molar-refractivity contribution in [2.24, 2.45) is 14.1 Å². The van der Waals surface area contributed by atoms with Crippen LogP contribution in [0.1, 0.15) is 18.5 Å². The number of para-hydroxylation sites is 1. The van der Waals surface area contributed by atoms with Gasteiger partial charge in [-0.2, -0.15) is 0 Å². The topological polar surface area (TPSA) is 132 Å². The van der Waals surface area contributed by atoms with Crippen molar-refractivity contribution in [2.75, 3.05) is 10.6 Å². The van der Waals surface area contributed by atoms with Gasteiger partial charge in [0.05, 0.1) is 12.4 Å². The van der Waals surface area contributed by atoms with Crippen molar-refractivity contribution in [3.8, 4) is 0 Å². The standard InChI is InChI=1S/C24H25N7O4/c1-15(16-9-11-18(12-10-16)28-23(34)27-17-7-5-4-6-8-17)26-19(32)13-31-22(33)20-21(25-14-29(20)2)30(3)24(31)35/h4-12,14-15H,13H2,1-3H3,(H,26,32)(H2,27,28,34). The van der Waals surface area contributed by atoms with E-state index in [-0.39, 0.29) is 17.2 Å². The molecular weight excluding hydrogens is 450 g/mol. The van der Waals surface area contributed by atoms with Crippen molar-refractivity contribution in [3.05, 3.63) is 87.3 Å². The van der Waals surface area contributed by atoms with Crippen LogP contribution in [0.4, 0.5) is 16.2 Å². The first-order chi connectivity index (χ1) is 16.7. The van der Waals surface area contributed by atoms with Gasteiger partial charge in [0.1, 0.15) is 6.54 Å². The molecule has 3 N–H and O–H groups in total. The number of hydrogen-bond donors (Lipinski definition) is 3. The normalized spacial score (nSPS) is 11.7. The Balaban J connectivity index is 1.40. The van der Waals surface area contributed by atoms with Gasteiger partial charge in [0, 0.05) is 25.5 Å². The van der Waals surface area contributed by atoms with E-state index in [4.69, 9.17) is 0 Å². The summed E-state index contributed by atoms with van der Waals surface area (Å²) in [4.78, 5) is 54.3. The van der Waals surface area contributed by atoms with Gasteiger partial charge in [-0.3, -0.25) is 14.2 Å². The number of fused-ring (bicyclic) bond motifs is 1. The second-order valence-electron chi connectivity index (χ2n) is 8.12. The number of anilines is 2. The first-order valence-electron chi connectivity index (χ1n) is 10.9. The first kappa shape index (κ1) is 23.5. The number of rotatable bonds is 6. The van der Waals surface area contributed by atoms with Crippen LogP contribution in [0.15, 0.2) is 70.5 Å². The summed E-state index contributed by atoms with van der Waals surface area (Å²) in [6.45, 7) is 1.36. The number of carbonyl (C=O) groups excluding carboxylic acids is 2. The summed E-state index contributed by atoms with van der Waals surface area (Å²) in [6.07, 6.45) is 1.45. The smallest absolute Gasteiger partial charge is 0.332 e. The van der Waals surface area contributed by atoms with Crippen LogP contribution in [0.5, 0.6) is 0 Å². The van der Waals surface area contributed by atoms with E-state index < -0.39 is 29.7 Å². The van der Waals surface area contributed by atoms with Crippen LogP contribution in [0.2, 0.25) is 0 Å². The summed E-state index contributed by atoms with van der Waals surface area (Å²) in [7, 11) is 3.15. The van der Waals surface area contributed by atoms with Gasteiger partial charge in [0.25, 0.3) is 5.56 Å². The molecule has 180 valence electrons. The Hall–Kier alpha value is -4.67. The van der Waals surface area contributed by atoms with Gasteiger partial charge < -0.3 is 20.5 Å². The zero-order valence-corrected chi connectivity index (χ0v) is 19.5. The zero-order chi connectivity index (χ0) is 25.1. The molecule has 4 rings (SSSR count). The van der Waals surface area contributed by atoms with Crippen LogP contribution in [-0.2, 0) is 25.4 Å². The second kappa shape index (κ2) is 9.67. The van der Waals surface area contributed by atoms with E-state index in [9.17, 15) is 19.2 Å². The minimum atomic E-state index is -0.617. The highest BCUT2D eigenvalue weighted by Gasteiger charge is 2.18. The predicted octanol–water partition coefficient (Wildman–Crippen LogP) is 1.96. The molecule has 0 fully saturated rings. The molecule has 2 aromatic carbocycles. The highest BCUT2D eigenvalue weighted by atomic mass is 16.2. The van der Waals surface area contributed by atoms with E-state index in [0.29, 0.717) is 11.4 Å². The third-order valence-electron chi connectivity index (χ3n) is 5.58. The number of amides is 3. The van der Waals surface area contributed by atoms with E-state index in [1.807, 2.05) is 18.2 Å². The Bertz CT molecular complexity index is 1500. The maximum atomic E-state index is 12.8. The Kier molecular flexibility index (Phi) is 6.49. The maximum absolute atomic E-state index is 12.8. The maximum Gasteiger partial charge on any atom is 0.332 e. The van der Waals surface area contributed by atoms with Gasteiger partial charge in [-0.1, -0.05) is 30.3 Å². The van der Waals surface area contributed by atoms with E-state index in [1.165, 1.54) is 22.5 Å². The molecule has 2 aromatic heterocycles. The van der Waals surface area contributed by atoms with Crippen molar-refractivity contribution in [1.29, 1.82) is 0 Å². The number of aryl methyl sites for hydroxylation is 2. The Morgan fingerprint density at radius 1 is 0.943 bits per heavy atom. The number of hydrogen-bond acceptors (Lipinski definition) is 5. The SMILES string of the molecule is CC(NC(=O)Cn1c(=O)c2c(ncn2C)n(C)c1=O)c1ccc(NC(=O)Nc2ccccc2)cc1. The largest absolute Gasteiger partial charge is 0.348 e. The molecule has 0 aliphatic carbocycles. The lowest BCUT2D eigenvalue weighted by Gasteiger charge is -2.16. The minimum absolute atomic E-state index is 0.243. The average Bonchev–Trinajstić information content (AvgIpc) is 3.23. The van der Waals surface area contributed by atoms with Gasteiger partial charge in [-0.25, -0.2) is 19.1 Å². The summed E-state index contributed by atoms with van der Waals surface area (Å²) in [5.74, 6) is -0.484. The van der Waals surface area contributed by atoms with Crippen molar-refractivity contribution in [2.45, 2.75) is 19.5 Å². The van der Waals surface area contributed by atoms with E-state index in [2.05, 4.69) is 20.9 Å². The summed E-state index contributed by atoms with van der Waals surface area (Å²) in [5, 5.41) is 8.28. The molecule has 0 aliphatic rings. The van der Waals surface area contributed by atoms with Crippen LogP contribution in [0.3, 0.4) is 0 Å². The summed E-state index contributed by atoms with van der Waals surface area (Å²) < 4.78 is 3.65. The van der Waals surface area contributed by atoms with Gasteiger partial charge in [0.2, 0.25) is 5.91 Å². The number of imidazole rings is 1. The molecule has 3 amide bonds. The highest BCUT2D eigenvalue weighted by molar-refractivity contribution is 5.99. The van der Waals surface area contributed by atoms with Crippen molar-refractivity contribution < 1.29 is 9.59 Å². The minimum Gasteiger partial charge on any atom is -0.348 e. The lowest BCUT2D eigenvalue weighted by Crippen LogP contribution is -2.43. The Morgan fingerprint density at radius 2 is 1.57 bits per heavy atom. The van der Waals surface area contributed by atoms with Crippen LogP contribution in [-0.4, -0.2) is 30.6 Å². The van der Waals surface area contributed by atoms with Crippen molar-refractivity contribution in [3.63, 3.8) is 0 Å². The van der Waals surface area contributed by atoms with E-state index in [0.717, 1.165) is 10.1 Å². The molecule has 11 heteroatoms. The number of carbonyl (C=O) groups is 2. The molecule has 0 saturated heterocycles. The molecule has 35 heavy (non-hydrogen) atoms. The fourth-order valence-corrected chi connectivity index (χ4v) is 3.72. The van der Waals surface area contributed by atoms with Gasteiger partial charge >= 0.3 is 11.7 Å². The van der Waals surface area contributed by atoms with Gasteiger partial charge in [-0.05, 0) is 36.8 Å². The average molecular weight is 476 g/mol. The zero-order valence-electron chi connectivity index (χ0n) is 19.5. The quantitative estimate of drug-likeness (QED) is 0.392. The predicted molar refractivity (Wildman–Crippen MR) is 132 cm³/mol. The van der Waals surface area contributed by atoms with Gasteiger partial charge in [0.15, 0.2) is 11.2 Å². The molecule has 0 spiro atoms. The van der Waals surface area contributed by atoms with E-state index >= 15 is 0 Å². The number of nitrogens with zero attached hydrogens (tertiary/aromatic N) is 4. The number of benzene rings is 2. The summed E-state index contributed by atoms with van der Waals surface area (Å²) in [5.41, 5.74) is 1.36. The van der Waals surface area contributed by atoms with Crippen LogP contribution < -0.4 is 27.2 Å². The first-order valence-corrected chi connectivity index (χ1v) is 10.9. The third-order valence-corrected chi connectivity index (χ3v) is 5.58. The molecule has 4 aromatic rings. The fourth-order valence-electron chi connectivity index (χ4n) is 3.72. The van der Waals surface area contributed by atoms with Crippen molar-refractivity contribution >= 4 is 34.5 Å². The molecule has 2 heterocycles. The summed E-state index contributed by atoms with van der Waals surface area (Å²) >= 11 is 0. The Labute approximate surface area is 200 Å². The summed E-state index contributed by atoms with van der Waals surface area (Å²) in [6, 6.07) is 15.3. The van der Waals surface area contributed by atoms with Crippen molar-refractivity contribution in [1.82, 2.24) is 24.0 Å². The molecule has 0 radical (unpaired) electrons.